The van der Waals surface area contributed by atoms with Crippen LogP contribution in [-0.4, -0.2) is 57.5 Å². The third kappa shape index (κ3) is 4.16. The number of amides is 1. The van der Waals surface area contributed by atoms with E-state index >= 15 is 0 Å². The first-order valence-electron chi connectivity index (χ1n) is 12.5. The predicted molar refractivity (Wildman–Crippen MR) is 137 cm³/mol. The molecule has 0 aliphatic carbocycles. The van der Waals surface area contributed by atoms with E-state index in [0.717, 1.165) is 77.6 Å². The third-order valence-corrected chi connectivity index (χ3v) is 7.21. The van der Waals surface area contributed by atoms with E-state index in [0.29, 0.717) is 18.9 Å². The Balaban J connectivity index is 1.37. The van der Waals surface area contributed by atoms with Crippen LogP contribution in [0.2, 0.25) is 0 Å². The van der Waals surface area contributed by atoms with Crippen molar-refractivity contribution < 1.29 is 9.53 Å². The van der Waals surface area contributed by atoms with Crippen LogP contribution in [0.1, 0.15) is 57.2 Å². The third-order valence-electron chi connectivity index (χ3n) is 7.21. The van der Waals surface area contributed by atoms with Crippen molar-refractivity contribution in [1.29, 1.82) is 0 Å². The number of pyridine rings is 1. The number of carbonyl (C=O) groups excluding carboxylic acids is 1. The fourth-order valence-electron chi connectivity index (χ4n) is 5.51. The number of fused-ring (bicyclic) bond motifs is 2. The van der Waals surface area contributed by atoms with Crippen LogP contribution in [0.4, 0.5) is 0 Å². The molecule has 8 heteroatoms. The Bertz CT molecular complexity index is 1440. The van der Waals surface area contributed by atoms with Gasteiger partial charge in [0.1, 0.15) is 0 Å². The summed E-state index contributed by atoms with van der Waals surface area (Å²) in [4.78, 5) is 28.9. The number of hydrogen-bond acceptors (Lipinski definition) is 6. The zero-order valence-electron chi connectivity index (χ0n) is 20.7. The first kappa shape index (κ1) is 22.8. The molecule has 2 aliphatic heterocycles. The second-order valence-electron chi connectivity index (χ2n) is 9.90. The summed E-state index contributed by atoms with van der Waals surface area (Å²) < 4.78 is 7.59. The van der Waals surface area contributed by atoms with Gasteiger partial charge in [-0.3, -0.25) is 19.2 Å². The van der Waals surface area contributed by atoms with E-state index in [9.17, 15) is 4.79 Å². The van der Waals surface area contributed by atoms with Gasteiger partial charge in [0, 0.05) is 61.9 Å². The lowest BCUT2D eigenvalue weighted by atomic mass is 9.89. The van der Waals surface area contributed by atoms with Crippen molar-refractivity contribution in [3.8, 4) is 11.3 Å². The number of nitrogens with one attached hydrogen (secondary N) is 1. The maximum absolute atomic E-state index is 13.0. The molecule has 36 heavy (non-hydrogen) atoms. The van der Waals surface area contributed by atoms with Crippen molar-refractivity contribution in [2.24, 2.45) is 0 Å². The second-order valence-corrected chi connectivity index (χ2v) is 9.90. The van der Waals surface area contributed by atoms with Crippen LogP contribution in [0.25, 0.3) is 16.9 Å². The van der Waals surface area contributed by atoms with Gasteiger partial charge in [0.05, 0.1) is 23.8 Å². The number of rotatable bonds is 6. The summed E-state index contributed by atoms with van der Waals surface area (Å²) in [6.07, 6.45) is 9.92. The minimum atomic E-state index is -0.0234. The topological polar surface area (TPSA) is 84.7 Å². The van der Waals surface area contributed by atoms with E-state index in [4.69, 9.17) is 9.72 Å². The molecule has 184 valence electrons. The summed E-state index contributed by atoms with van der Waals surface area (Å²) in [5, 5.41) is 3.03. The largest absolute Gasteiger partial charge is 0.381 e. The molecule has 5 heterocycles. The Labute approximate surface area is 210 Å². The van der Waals surface area contributed by atoms with Gasteiger partial charge in [0.25, 0.3) is 5.91 Å². The van der Waals surface area contributed by atoms with Gasteiger partial charge in [0.2, 0.25) is 0 Å². The summed E-state index contributed by atoms with van der Waals surface area (Å²) in [7, 11) is 4.16. The average molecular weight is 483 g/mol. The molecule has 1 fully saturated rings. The number of aromatic nitrogens is 4. The Morgan fingerprint density at radius 1 is 1.14 bits per heavy atom. The summed E-state index contributed by atoms with van der Waals surface area (Å²) in [6.45, 7) is 2.92. The highest BCUT2D eigenvalue weighted by molar-refractivity contribution is 6.02. The van der Waals surface area contributed by atoms with Crippen molar-refractivity contribution in [3.05, 3.63) is 82.7 Å². The lowest BCUT2D eigenvalue weighted by Gasteiger charge is -2.25. The molecule has 1 aromatic carbocycles. The van der Waals surface area contributed by atoms with Crippen molar-refractivity contribution >= 4 is 11.6 Å². The van der Waals surface area contributed by atoms with Gasteiger partial charge in [-0.2, -0.15) is 0 Å². The number of hydrogen-bond donors (Lipinski definition) is 1. The van der Waals surface area contributed by atoms with Crippen LogP contribution in [-0.2, 0) is 24.2 Å². The SMILES string of the molecule is CN(C)Cc1nc(Cc2ccc(-c3cnc4cnccn34)c3c2C(=O)NC3)ccc1C1CCOCC1. The fourth-order valence-corrected chi connectivity index (χ4v) is 5.51. The van der Waals surface area contributed by atoms with E-state index in [1.54, 1.807) is 12.4 Å². The summed E-state index contributed by atoms with van der Waals surface area (Å²) in [5.41, 5.74) is 8.98. The highest BCUT2D eigenvalue weighted by Gasteiger charge is 2.27. The molecular formula is C28H30N6O2. The van der Waals surface area contributed by atoms with Gasteiger partial charge < -0.3 is 15.0 Å². The number of imidazole rings is 1. The van der Waals surface area contributed by atoms with Crippen LogP contribution in [0, 0.1) is 0 Å². The highest BCUT2D eigenvalue weighted by Crippen LogP contribution is 2.34. The van der Waals surface area contributed by atoms with Crippen molar-refractivity contribution in [3.63, 3.8) is 0 Å². The fraction of sp³-hybridized carbons (Fsp3) is 0.357. The molecule has 3 aromatic heterocycles. The normalized spacial score (nSPS) is 16.0. The molecule has 8 nitrogen and oxygen atoms in total. The minimum absolute atomic E-state index is 0.0234. The maximum atomic E-state index is 13.0. The van der Waals surface area contributed by atoms with E-state index in [2.05, 4.69) is 58.5 Å². The summed E-state index contributed by atoms with van der Waals surface area (Å²) >= 11 is 0. The Morgan fingerprint density at radius 3 is 2.83 bits per heavy atom. The standard InChI is InChI=1S/C28H30N6O2/c1-33(2)17-24-21(18-7-11-36-12-8-18)6-4-20(32-24)13-19-3-5-22(23-14-31-28(35)27(19)23)25-15-30-26-16-29-9-10-34(25)26/h3-6,9-10,15-16,18H,7-8,11-14,17H2,1-2H3,(H,31,35). The lowest BCUT2D eigenvalue weighted by molar-refractivity contribution is 0.0849. The second kappa shape index (κ2) is 9.44. The number of nitrogens with zero attached hydrogens (tertiary/aromatic N) is 5. The summed E-state index contributed by atoms with van der Waals surface area (Å²) in [6, 6.07) is 8.56. The van der Waals surface area contributed by atoms with E-state index in [-0.39, 0.29) is 5.91 Å². The smallest absolute Gasteiger partial charge is 0.252 e. The molecule has 0 atom stereocenters. The predicted octanol–water partition coefficient (Wildman–Crippen LogP) is 3.58. The Kier molecular flexibility index (Phi) is 5.99. The van der Waals surface area contributed by atoms with Crippen LogP contribution < -0.4 is 5.32 Å². The molecule has 2 aliphatic rings. The maximum Gasteiger partial charge on any atom is 0.252 e. The average Bonchev–Trinajstić information content (AvgIpc) is 3.49. The number of ether oxygens (including phenoxy) is 1. The van der Waals surface area contributed by atoms with Crippen LogP contribution in [0.15, 0.2) is 49.1 Å². The number of benzene rings is 1. The summed E-state index contributed by atoms with van der Waals surface area (Å²) in [5.74, 6) is 0.468. The molecule has 0 radical (unpaired) electrons. The molecule has 4 aromatic rings. The Morgan fingerprint density at radius 2 is 2.00 bits per heavy atom. The van der Waals surface area contributed by atoms with Crippen molar-refractivity contribution in [2.45, 2.75) is 38.3 Å². The molecule has 1 amide bonds. The van der Waals surface area contributed by atoms with Gasteiger partial charge in [-0.25, -0.2) is 4.98 Å². The van der Waals surface area contributed by atoms with Crippen LogP contribution >= 0.6 is 0 Å². The molecule has 0 bridgehead atoms. The molecule has 0 spiro atoms. The van der Waals surface area contributed by atoms with Gasteiger partial charge in [-0.15, -0.1) is 0 Å². The lowest BCUT2D eigenvalue weighted by Crippen LogP contribution is -2.20. The zero-order valence-corrected chi connectivity index (χ0v) is 20.7. The van der Waals surface area contributed by atoms with Gasteiger partial charge in [0.15, 0.2) is 5.65 Å². The highest BCUT2D eigenvalue weighted by atomic mass is 16.5. The van der Waals surface area contributed by atoms with Crippen LogP contribution in [0.5, 0.6) is 0 Å². The molecule has 0 saturated carbocycles. The first-order valence-corrected chi connectivity index (χ1v) is 12.5. The molecule has 1 N–H and O–H groups in total. The van der Waals surface area contributed by atoms with E-state index in [1.807, 2.05) is 16.8 Å². The van der Waals surface area contributed by atoms with E-state index < -0.39 is 0 Å². The number of carbonyl (C=O) groups is 1. The minimum Gasteiger partial charge on any atom is -0.381 e. The van der Waals surface area contributed by atoms with Crippen molar-refractivity contribution in [2.75, 3.05) is 27.3 Å². The monoisotopic (exact) mass is 482 g/mol. The zero-order chi connectivity index (χ0) is 24.6. The van der Waals surface area contributed by atoms with Crippen molar-refractivity contribution in [1.82, 2.24) is 29.6 Å². The van der Waals surface area contributed by atoms with E-state index in [1.165, 1.54) is 5.56 Å². The molecule has 0 unspecified atom stereocenters. The quantitative estimate of drug-likeness (QED) is 0.452. The van der Waals surface area contributed by atoms with Gasteiger partial charge in [-0.1, -0.05) is 18.2 Å². The van der Waals surface area contributed by atoms with Gasteiger partial charge >= 0.3 is 0 Å². The van der Waals surface area contributed by atoms with Gasteiger partial charge in [-0.05, 0) is 55.6 Å². The first-order chi connectivity index (χ1) is 17.6. The molecular weight excluding hydrogens is 452 g/mol. The molecule has 1 saturated heterocycles. The molecule has 6 rings (SSSR count). The van der Waals surface area contributed by atoms with Crippen LogP contribution in [0.3, 0.4) is 0 Å². The Hall–Kier alpha value is -3.62.